The summed E-state index contributed by atoms with van der Waals surface area (Å²) in [5, 5.41) is 0. The Kier molecular flexibility index (Phi) is 3.27. The summed E-state index contributed by atoms with van der Waals surface area (Å²) >= 11 is 0. The molecule has 0 saturated carbocycles. The Morgan fingerprint density at radius 3 is 2.82 bits per heavy atom. The number of ketones is 1. The molecule has 3 heteroatoms. The van der Waals surface area contributed by atoms with Crippen LogP contribution in [0.5, 0.6) is 0 Å². The fourth-order valence-corrected chi connectivity index (χ4v) is 2.11. The lowest BCUT2D eigenvalue weighted by molar-refractivity contribution is 0.101. The van der Waals surface area contributed by atoms with Crippen molar-refractivity contribution in [2.24, 2.45) is 10.9 Å². The Morgan fingerprint density at radius 1 is 1.41 bits per heavy atom. The van der Waals surface area contributed by atoms with Crippen molar-refractivity contribution >= 4 is 17.3 Å². The maximum Gasteiger partial charge on any atom is 0.159 e. The predicted molar refractivity (Wildman–Crippen MR) is 70.9 cm³/mol. The van der Waals surface area contributed by atoms with E-state index >= 15 is 0 Å². The lowest BCUT2D eigenvalue weighted by Crippen LogP contribution is -2.31. The van der Waals surface area contributed by atoms with Crippen LogP contribution in [-0.2, 0) is 0 Å². The zero-order valence-electron chi connectivity index (χ0n) is 10.6. The van der Waals surface area contributed by atoms with E-state index in [0.717, 1.165) is 30.2 Å². The first-order valence-corrected chi connectivity index (χ1v) is 6.02. The van der Waals surface area contributed by atoms with Crippen molar-refractivity contribution in [3.8, 4) is 0 Å². The second-order valence-electron chi connectivity index (χ2n) is 4.65. The van der Waals surface area contributed by atoms with Gasteiger partial charge in [-0.2, -0.15) is 0 Å². The summed E-state index contributed by atoms with van der Waals surface area (Å²) in [5.74, 6) is 1.64. The number of aliphatic imine (C=N–C) groups is 1. The van der Waals surface area contributed by atoms with E-state index in [4.69, 9.17) is 0 Å². The van der Waals surface area contributed by atoms with E-state index in [1.54, 1.807) is 6.92 Å². The largest absolute Gasteiger partial charge is 0.328 e. The Labute approximate surface area is 102 Å². The molecule has 0 unspecified atom stereocenters. The third kappa shape index (κ3) is 2.38. The minimum absolute atomic E-state index is 0.106. The van der Waals surface area contributed by atoms with Crippen molar-refractivity contribution in [3.63, 3.8) is 0 Å². The molecule has 1 aromatic rings. The topological polar surface area (TPSA) is 32.7 Å². The molecule has 0 aliphatic carbocycles. The van der Waals surface area contributed by atoms with Crippen LogP contribution in [0.3, 0.4) is 0 Å². The molecule has 2 rings (SSSR count). The number of hydrogen-bond acceptors (Lipinski definition) is 3. The molecule has 0 N–H and O–H groups in total. The Balaban J connectivity index is 2.31. The summed E-state index contributed by atoms with van der Waals surface area (Å²) in [4.78, 5) is 18.1. The first kappa shape index (κ1) is 11.8. The van der Waals surface area contributed by atoms with Gasteiger partial charge >= 0.3 is 0 Å². The van der Waals surface area contributed by atoms with E-state index in [2.05, 4.69) is 23.7 Å². The molecule has 0 atom stereocenters. The molecule has 1 heterocycles. The maximum atomic E-state index is 11.4. The zero-order valence-corrected chi connectivity index (χ0v) is 10.6. The monoisotopic (exact) mass is 230 g/mol. The Bertz CT molecular complexity index is 463. The van der Waals surface area contributed by atoms with Gasteiger partial charge in [0.1, 0.15) is 5.84 Å². The molecule has 1 aliphatic heterocycles. The van der Waals surface area contributed by atoms with Crippen LogP contribution in [0, 0.1) is 5.92 Å². The average Bonchev–Trinajstić information content (AvgIpc) is 2.78. The van der Waals surface area contributed by atoms with Gasteiger partial charge in [0, 0.05) is 23.7 Å². The molecule has 0 amide bonds. The normalized spacial score (nSPS) is 15.3. The quantitative estimate of drug-likeness (QED) is 0.748. The number of amidine groups is 1. The lowest BCUT2D eigenvalue weighted by atomic mass is 10.1. The summed E-state index contributed by atoms with van der Waals surface area (Å²) in [6, 6.07) is 7.78. The van der Waals surface area contributed by atoms with Gasteiger partial charge in [-0.1, -0.05) is 26.0 Å². The molecule has 0 fully saturated rings. The number of benzene rings is 1. The van der Waals surface area contributed by atoms with Gasteiger partial charge in [-0.25, -0.2) is 0 Å². The first-order valence-electron chi connectivity index (χ1n) is 6.02. The van der Waals surface area contributed by atoms with Gasteiger partial charge in [0.15, 0.2) is 5.78 Å². The molecule has 90 valence electrons. The summed E-state index contributed by atoms with van der Waals surface area (Å²) < 4.78 is 0. The molecule has 1 aromatic carbocycles. The SMILES string of the molecule is CC(=O)c1cccc(N2CCN=C2C(C)C)c1. The fourth-order valence-electron chi connectivity index (χ4n) is 2.11. The second kappa shape index (κ2) is 4.70. The molecule has 1 aliphatic rings. The van der Waals surface area contributed by atoms with Crippen LogP contribution in [0.15, 0.2) is 29.3 Å². The predicted octanol–water partition coefficient (Wildman–Crippen LogP) is 2.76. The van der Waals surface area contributed by atoms with Gasteiger partial charge in [0.25, 0.3) is 0 Å². The standard InChI is InChI=1S/C14H18N2O/c1-10(2)14-15-7-8-16(14)13-6-4-5-12(9-13)11(3)17/h4-6,9-10H,7-8H2,1-3H3. The number of carbonyl (C=O) groups is 1. The third-order valence-electron chi connectivity index (χ3n) is 2.95. The van der Waals surface area contributed by atoms with Crippen LogP contribution in [-0.4, -0.2) is 24.7 Å². The second-order valence-corrected chi connectivity index (χ2v) is 4.65. The maximum absolute atomic E-state index is 11.4. The Hall–Kier alpha value is -1.64. The molecule has 3 nitrogen and oxygen atoms in total. The van der Waals surface area contributed by atoms with Crippen LogP contribution in [0.1, 0.15) is 31.1 Å². The van der Waals surface area contributed by atoms with Gasteiger partial charge in [0.05, 0.1) is 6.54 Å². The summed E-state index contributed by atoms with van der Waals surface area (Å²) in [7, 11) is 0. The van der Waals surface area contributed by atoms with Crippen molar-refractivity contribution in [1.29, 1.82) is 0 Å². The smallest absolute Gasteiger partial charge is 0.159 e. The fraction of sp³-hybridized carbons (Fsp3) is 0.429. The van der Waals surface area contributed by atoms with E-state index < -0.39 is 0 Å². The van der Waals surface area contributed by atoms with Crippen LogP contribution in [0.25, 0.3) is 0 Å². The first-order chi connectivity index (χ1) is 8.09. The molecule has 0 spiro atoms. The van der Waals surface area contributed by atoms with Crippen LogP contribution < -0.4 is 4.90 Å². The minimum atomic E-state index is 0.106. The number of Topliss-reactive ketones (excluding diaryl/α,β-unsaturated/α-hetero) is 1. The van der Waals surface area contributed by atoms with Crippen molar-refractivity contribution in [2.45, 2.75) is 20.8 Å². The molecule has 0 bridgehead atoms. The molecular weight excluding hydrogens is 212 g/mol. The van der Waals surface area contributed by atoms with E-state index in [-0.39, 0.29) is 5.78 Å². The number of rotatable bonds is 3. The highest BCUT2D eigenvalue weighted by atomic mass is 16.1. The molecule has 17 heavy (non-hydrogen) atoms. The molecule has 0 radical (unpaired) electrons. The zero-order chi connectivity index (χ0) is 12.4. The van der Waals surface area contributed by atoms with Gasteiger partial charge in [0.2, 0.25) is 0 Å². The van der Waals surface area contributed by atoms with Crippen molar-refractivity contribution < 1.29 is 4.79 Å². The summed E-state index contributed by atoms with van der Waals surface area (Å²) in [6.45, 7) is 7.64. The molecule has 0 saturated heterocycles. The highest BCUT2D eigenvalue weighted by molar-refractivity contribution is 6.02. The number of hydrogen-bond donors (Lipinski definition) is 0. The lowest BCUT2D eigenvalue weighted by Gasteiger charge is -2.23. The van der Waals surface area contributed by atoms with E-state index in [0.29, 0.717) is 5.92 Å². The van der Waals surface area contributed by atoms with Gasteiger partial charge in [-0.3, -0.25) is 9.79 Å². The van der Waals surface area contributed by atoms with Crippen molar-refractivity contribution in [3.05, 3.63) is 29.8 Å². The van der Waals surface area contributed by atoms with Crippen molar-refractivity contribution in [2.75, 3.05) is 18.0 Å². The summed E-state index contributed by atoms with van der Waals surface area (Å²) in [5.41, 5.74) is 1.83. The van der Waals surface area contributed by atoms with E-state index in [1.807, 2.05) is 24.3 Å². The van der Waals surface area contributed by atoms with Crippen LogP contribution >= 0.6 is 0 Å². The van der Waals surface area contributed by atoms with Crippen LogP contribution in [0.2, 0.25) is 0 Å². The highest BCUT2D eigenvalue weighted by Gasteiger charge is 2.21. The van der Waals surface area contributed by atoms with Crippen LogP contribution in [0.4, 0.5) is 5.69 Å². The number of carbonyl (C=O) groups excluding carboxylic acids is 1. The average molecular weight is 230 g/mol. The Morgan fingerprint density at radius 2 is 2.18 bits per heavy atom. The van der Waals surface area contributed by atoms with Gasteiger partial charge < -0.3 is 4.90 Å². The van der Waals surface area contributed by atoms with Gasteiger partial charge in [-0.05, 0) is 19.1 Å². The third-order valence-corrected chi connectivity index (χ3v) is 2.95. The van der Waals surface area contributed by atoms with E-state index in [9.17, 15) is 4.79 Å². The highest BCUT2D eigenvalue weighted by Crippen LogP contribution is 2.22. The number of anilines is 1. The van der Waals surface area contributed by atoms with Crippen molar-refractivity contribution in [1.82, 2.24) is 0 Å². The molecule has 0 aromatic heterocycles. The molecular formula is C14H18N2O. The minimum Gasteiger partial charge on any atom is -0.328 e. The van der Waals surface area contributed by atoms with E-state index in [1.165, 1.54) is 0 Å². The number of nitrogens with zero attached hydrogens (tertiary/aromatic N) is 2. The summed E-state index contributed by atoms with van der Waals surface area (Å²) in [6.07, 6.45) is 0. The van der Waals surface area contributed by atoms with Gasteiger partial charge in [-0.15, -0.1) is 0 Å².